The maximum absolute atomic E-state index is 13.7. The van der Waals surface area contributed by atoms with E-state index in [1.54, 1.807) is 22.5 Å². The normalized spacial score (nSPS) is 30.7. The van der Waals surface area contributed by atoms with Crippen molar-refractivity contribution < 1.29 is 13.2 Å². The minimum atomic E-state index is -3.68. The SMILES string of the molecule is CCCC[C@@H]1[C@H]2CCCN3CCC[C@@H](CN1S(=O)(=O)c1cccc(C(N)=O)c1)[C@@H]23. The van der Waals surface area contributed by atoms with Crippen molar-refractivity contribution in [2.75, 3.05) is 19.6 Å². The van der Waals surface area contributed by atoms with Crippen molar-refractivity contribution in [1.82, 2.24) is 9.21 Å². The molecule has 0 aliphatic carbocycles. The van der Waals surface area contributed by atoms with Crippen LogP contribution in [0.15, 0.2) is 29.2 Å². The van der Waals surface area contributed by atoms with Gasteiger partial charge in [0.1, 0.15) is 0 Å². The van der Waals surface area contributed by atoms with Crippen LogP contribution in [-0.2, 0) is 10.0 Å². The number of amides is 1. The van der Waals surface area contributed by atoms with Crippen LogP contribution in [0.1, 0.15) is 62.2 Å². The maximum atomic E-state index is 13.7. The van der Waals surface area contributed by atoms with Crippen LogP contribution in [0.4, 0.5) is 0 Å². The summed E-state index contributed by atoms with van der Waals surface area (Å²) in [7, 11) is -3.68. The lowest BCUT2D eigenvalue weighted by Gasteiger charge is -2.57. The van der Waals surface area contributed by atoms with Gasteiger partial charge in [0.25, 0.3) is 0 Å². The average molecular weight is 420 g/mol. The van der Waals surface area contributed by atoms with Crippen molar-refractivity contribution in [2.24, 2.45) is 17.6 Å². The molecule has 0 aromatic heterocycles. The Kier molecular flexibility index (Phi) is 6.00. The Morgan fingerprint density at radius 3 is 2.69 bits per heavy atom. The Hall–Kier alpha value is -1.44. The quantitative estimate of drug-likeness (QED) is 0.768. The van der Waals surface area contributed by atoms with Gasteiger partial charge < -0.3 is 5.73 Å². The summed E-state index contributed by atoms with van der Waals surface area (Å²) in [5.74, 6) is 0.211. The van der Waals surface area contributed by atoms with Gasteiger partial charge in [0.15, 0.2) is 0 Å². The molecule has 3 aliphatic heterocycles. The van der Waals surface area contributed by atoms with E-state index < -0.39 is 15.9 Å². The highest BCUT2D eigenvalue weighted by Crippen LogP contribution is 2.45. The lowest BCUT2D eigenvalue weighted by molar-refractivity contribution is -0.0523. The second-order valence-corrected chi connectivity index (χ2v) is 10.8. The Morgan fingerprint density at radius 1 is 1.21 bits per heavy atom. The van der Waals surface area contributed by atoms with Gasteiger partial charge in [-0.15, -0.1) is 0 Å². The summed E-state index contributed by atoms with van der Waals surface area (Å²) < 4.78 is 29.3. The van der Waals surface area contributed by atoms with Crippen molar-refractivity contribution in [2.45, 2.75) is 68.8 Å². The van der Waals surface area contributed by atoms with Gasteiger partial charge in [-0.3, -0.25) is 9.69 Å². The predicted octanol–water partition coefficient (Wildman–Crippen LogP) is 2.84. The third kappa shape index (κ3) is 3.84. The van der Waals surface area contributed by atoms with Crippen LogP contribution < -0.4 is 5.73 Å². The predicted molar refractivity (Wildman–Crippen MR) is 113 cm³/mol. The van der Waals surface area contributed by atoms with Crippen molar-refractivity contribution in [3.05, 3.63) is 29.8 Å². The Labute approximate surface area is 174 Å². The highest BCUT2D eigenvalue weighted by molar-refractivity contribution is 7.89. The van der Waals surface area contributed by atoms with Gasteiger partial charge >= 0.3 is 0 Å². The number of hydrogen-bond acceptors (Lipinski definition) is 4. The first-order valence-electron chi connectivity index (χ1n) is 11.1. The van der Waals surface area contributed by atoms with E-state index in [4.69, 9.17) is 5.73 Å². The molecule has 4 rings (SSSR count). The third-order valence-electron chi connectivity index (χ3n) is 7.20. The van der Waals surface area contributed by atoms with E-state index in [2.05, 4.69) is 11.8 Å². The van der Waals surface area contributed by atoms with Crippen LogP contribution in [0.3, 0.4) is 0 Å². The molecule has 0 saturated carbocycles. The first-order chi connectivity index (χ1) is 13.9. The van der Waals surface area contributed by atoms with Gasteiger partial charge in [0.05, 0.1) is 4.90 Å². The van der Waals surface area contributed by atoms with Crippen molar-refractivity contribution in [1.29, 1.82) is 0 Å². The van der Waals surface area contributed by atoms with Crippen LogP contribution in [0, 0.1) is 11.8 Å². The number of carbonyl (C=O) groups is 1. The molecule has 1 aromatic rings. The minimum Gasteiger partial charge on any atom is -0.366 e. The molecule has 0 bridgehead atoms. The van der Waals surface area contributed by atoms with Gasteiger partial charge in [-0.1, -0.05) is 25.8 Å². The maximum Gasteiger partial charge on any atom is 0.248 e. The third-order valence-corrected chi connectivity index (χ3v) is 9.09. The van der Waals surface area contributed by atoms with Crippen molar-refractivity contribution in [3.63, 3.8) is 0 Å². The van der Waals surface area contributed by atoms with E-state index in [1.807, 2.05) is 0 Å². The van der Waals surface area contributed by atoms with E-state index in [-0.39, 0.29) is 16.5 Å². The second kappa shape index (κ2) is 8.36. The van der Waals surface area contributed by atoms with E-state index in [0.29, 0.717) is 24.4 Å². The molecular formula is C22H33N3O3S. The van der Waals surface area contributed by atoms with Gasteiger partial charge in [-0.05, 0) is 75.2 Å². The molecule has 2 N–H and O–H groups in total. The molecule has 3 saturated heterocycles. The van der Waals surface area contributed by atoms with Gasteiger partial charge in [0, 0.05) is 24.2 Å². The van der Waals surface area contributed by atoms with Crippen molar-refractivity contribution in [3.8, 4) is 0 Å². The molecular weight excluding hydrogens is 386 g/mol. The fraction of sp³-hybridized carbons (Fsp3) is 0.682. The van der Waals surface area contributed by atoms with Gasteiger partial charge in [-0.25, -0.2) is 8.42 Å². The number of rotatable bonds is 6. The Bertz CT molecular complexity index is 855. The standard InChI is InChI=1S/C22H33N3O3S/c1-2-3-11-20-19-10-6-13-24-12-5-8-17(21(19)24)15-25(20)29(27,28)18-9-4-7-16(14-18)22(23)26/h4,7,9,14,17,19-21H,2-3,5-6,8,10-13,15H2,1H3,(H2,23,26)/t17-,19+,20+,21-/m0/s1. The number of sulfonamides is 1. The highest BCUT2D eigenvalue weighted by Gasteiger charge is 2.51. The highest BCUT2D eigenvalue weighted by atomic mass is 32.2. The molecule has 6 nitrogen and oxygen atoms in total. The lowest BCUT2D eigenvalue weighted by Crippen LogP contribution is -2.65. The number of carbonyl (C=O) groups excluding carboxylic acids is 1. The van der Waals surface area contributed by atoms with E-state index in [0.717, 1.165) is 58.0 Å². The topological polar surface area (TPSA) is 83.7 Å². The molecule has 0 spiro atoms. The second-order valence-electron chi connectivity index (χ2n) is 8.91. The summed E-state index contributed by atoms with van der Waals surface area (Å²) >= 11 is 0. The molecule has 1 amide bonds. The molecule has 7 heteroatoms. The van der Waals surface area contributed by atoms with Gasteiger partial charge in [-0.2, -0.15) is 4.31 Å². The smallest absolute Gasteiger partial charge is 0.248 e. The molecule has 4 atom stereocenters. The number of hydrogen-bond donors (Lipinski definition) is 1. The van der Waals surface area contributed by atoms with Crippen LogP contribution in [0.2, 0.25) is 0 Å². The van der Waals surface area contributed by atoms with E-state index in [9.17, 15) is 13.2 Å². The monoisotopic (exact) mass is 419 g/mol. The van der Waals surface area contributed by atoms with Crippen molar-refractivity contribution >= 4 is 15.9 Å². The zero-order chi connectivity index (χ0) is 20.6. The number of nitrogens with two attached hydrogens (primary N) is 1. The summed E-state index contributed by atoms with van der Waals surface area (Å²) in [5, 5.41) is 0. The number of nitrogens with zero attached hydrogens (tertiary/aromatic N) is 2. The van der Waals surface area contributed by atoms with E-state index in [1.165, 1.54) is 6.07 Å². The van der Waals surface area contributed by atoms with Crippen LogP contribution in [0.25, 0.3) is 0 Å². The molecule has 3 heterocycles. The molecule has 160 valence electrons. The number of benzene rings is 1. The summed E-state index contributed by atoms with van der Waals surface area (Å²) in [6.07, 6.45) is 7.52. The van der Waals surface area contributed by atoms with Crippen LogP contribution in [-0.4, -0.2) is 55.2 Å². The van der Waals surface area contributed by atoms with Crippen LogP contribution >= 0.6 is 0 Å². The summed E-state index contributed by atoms with van der Waals surface area (Å²) in [5.41, 5.74) is 5.64. The largest absolute Gasteiger partial charge is 0.366 e. The van der Waals surface area contributed by atoms with E-state index >= 15 is 0 Å². The molecule has 0 radical (unpaired) electrons. The van der Waals surface area contributed by atoms with Gasteiger partial charge in [0.2, 0.25) is 15.9 Å². The molecule has 0 unspecified atom stereocenters. The Morgan fingerprint density at radius 2 is 1.97 bits per heavy atom. The lowest BCUT2D eigenvalue weighted by atomic mass is 9.70. The van der Waals surface area contributed by atoms with Crippen LogP contribution in [0.5, 0.6) is 0 Å². The summed E-state index contributed by atoms with van der Waals surface area (Å²) in [4.78, 5) is 14.4. The summed E-state index contributed by atoms with van der Waals surface area (Å²) in [6, 6.07) is 6.79. The first kappa shape index (κ1) is 20.8. The molecule has 3 fully saturated rings. The zero-order valence-corrected chi connectivity index (χ0v) is 18.1. The molecule has 29 heavy (non-hydrogen) atoms. The average Bonchev–Trinajstić information content (AvgIpc) is 2.73. The molecule has 1 aromatic carbocycles. The fourth-order valence-electron chi connectivity index (χ4n) is 5.95. The minimum absolute atomic E-state index is 0.0411. The summed E-state index contributed by atoms with van der Waals surface area (Å²) in [6.45, 7) is 5.07. The zero-order valence-electron chi connectivity index (χ0n) is 17.3. The fourth-order valence-corrected chi connectivity index (χ4v) is 7.75. The molecule has 3 aliphatic rings. The first-order valence-corrected chi connectivity index (χ1v) is 12.5. The number of primary amides is 1. The number of unbranched alkanes of at least 4 members (excludes halogenated alkanes) is 1. The Balaban J connectivity index is 1.71. The number of piperidine rings is 3.